The fourth-order valence-corrected chi connectivity index (χ4v) is 5.57. The van der Waals surface area contributed by atoms with E-state index in [1.807, 2.05) is 0 Å². The van der Waals surface area contributed by atoms with Gasteiger partial charge in [0.05, 0.1) is 5.56 Å². The minimum atomic E-state index is -4.03. The number of hydrogen-bond acceptors (Lipinski definition) is 5. The molecule has 1 aromatic carbocycles. The summed E-state index contributed by atoms with van der Waals surface area (Å²) in [7, 11) is -4.03. The van der Waals surface area contributed by atoms with E-state index in [9.17, 15) is 22.4 Å². The van der Waals surface area contributed by atoms with Crippen molar-refractivity contribution in [3.63, 3.8) is 0 Å². The molecule has 1 saturated heterocycles. The van der Waals surface area contributed by atoms with Crippen molar-refractivity contribution < 1.29 is 27.1 Å². The number of esters is 1. The predicted octanol–water partition coefficient (Wildman–Crippen LogP) is 2.85. The van der Waals surface area contributed by atoms with E-state index < -0.39 is 39.2 Å². The van der Waals surface area contributed by atoms with Gasteiger partial charge < -0.3 is 10.1 Å². The molecule has 3 rings (SSSR count). The van der Waals surface area contributed by atoms with Crippen molar-refractivity contribution in [3.8, 4) is 0 Å². The normalized spacial score (nSPS) is 23.0. The molecule has 1 heterocycles. The first-order chi connectivity index (χ1) is 14.3. The Morgan fingerprint density at radius 1 is 1.13 bits per heavy atom. The van der Waals surface area contributed by atoms with Gasteiger partial charge in [-0.05, 0) is 62.6 Å². The Kier molecular flexibility index (Phi) is 7.46. The Balaban J connectivity index is 1.61. The van der Waals surface area contributed by atoms with Crippen molar-refractivity contribution in [3.05, 3.63) is 29.6 Å². The summed E-state index contributed by atoms with van der Waals surface area (Å²) in [5.74, 6) is -1.52. The first kappa shape index (κ1) is 22.7. The van der Waals surface area contributed by atoms with Crippen LogP contribution in [0, 0.1) is 11.7 Å². The summed E-state index contributed by atoms with van der Waals surface area (Å²) >= 11 is 0. The molecule has 1 aromatic rings. The lowest BCUT2D eigenvalue weighted by molar-refractivity contribution is -0.125. The van der Waals surface area contributed by atoms with Gasteiger partial charge in [-0.1, -0.05) is 13.3 Å². The number of ether oxygens (including phenoxy) is 1. The molecule has 1 N–H and O–H groups in total. The smallest absolute Gasteiger partial charge is 0.338 e. The quantitative estimate of drug-likeness (QED) is 0.687. The van der Waals surface area contributed by atoms with Crippen LogP contribution in [0.1, 0.15) is 62.2 Å². The van der Waals surface area contributed by atoms with Crippen molar-refractivity contribution >= 4 is 21.9 Å². The van der Waals surface area contributed by atoms with E-state index in [-0.39, 0.29) is 11.6 Å². The van der Waals surface area contributed by atoms with Crippen molar-refractivity contribution in [2.24, 2.45) is 5.92 Å². The second-order valence-corrected chi connectivity index (χ2v) is 10.1. The molecule has 0 aromatic heterocycles. The van der Waals surface area contributed by atoms with Crippen LogP contribution in [0.3, 0.4) is 0 Å². The van der Waals surface area contributed by atoms with Gasteiger partial charge in [-0.15, -0.1) is 0 Å². The zero-order valence-electron chi connectivity index (χ0n) is 17.2. The zero-order chi connectivity index (χ0) is 21.7. The van der Waals surface area contributed by atoms with Crippen molar-refractivity contribution in [1.29, 1.82) is 0 Å². The SMILES string of the molecule is CC1CCC(NC(=O)COC(=O)c2ccc(F)c(S(=O)(=O)N3CCCCC3)c2)CC1. The van der Waals surface area contributed by atoms with Gasteiger partial charge in [0.15, 0.2) is 6.61 Å². The second kappa shape index (κ2) is 9.87. The van der Waals surface area contributed by atoms with E-state index in [1.165, 1.54) is 4.31 Å². The van der Waals surface area contributed by atoms with Crippen LogP contribution in [0.15, 0.2) is 23.1 Å². The molecule has 1 aliphatic carbocycles. The first-order valence-electron chi connectivity index (χ1n) is 10.5. The average molecular weight is 441 g/mol. The number of rotatable bonds is 6. The lowest BCUT2D eigenvalue weighted by atomic mass is 9.87. The van der Waals surface area contributed by atoms with Gasteiger partial charge in [-0.2, -0.15) is 4.31 Å². The number of nitrogens with one attached hydrogen (secondary N) is 1. The Morgan fingerprint density at radius 3 is 2.47 bits per heavy atom. The molecular weight excluding hydrogens is 411 g/mol. The molecule has 0 atom stereocenters. The van der Waals surface area contributed by atoms with E-state index in [2.05, 4.69) is 12.2 Å². The van der Waals surface area contributed by atoms with Gasteiger partial charge in [0.1, 0.15) is 10.7 Å². The van der Waals surface area contributed by atoms with Gasteiger partial charge in [0, 0.05) is 19.1 Å². The van der Waals surface area contributed by atoms with Gasteiger partial charge >= 0.3 is 5.97 Å². The highest BCUT2D eigenvalue weighted by Gasteiger charge is 2.29. The highest BCUT2D eigenvalue weighted by atomic mass is 32.2. The Morgan fingerprint density at radius 2 is 1.80 bits per heavy atom. The molecule has 1 aliphatic heterocycles. The van der Waals surface area contributed by atoms with E-state index >= 15 is 0 Å². The number of amides is 1. The number of sulfonamides is 1. The molecule has 7 nitrogen and oxygen atoms in total. The fourth-order valence-electron chi connectivity index (χ4n) is 3.96. The Bertz CT molecular complexity index is 875. The number of halogens is 1. The summed E-state index contributed by atoms with van der Waals surface area (Å²) in [4.78, 5) is 23.8. The third-order valence-corrected chi connectivity index (χ3v) is 7.73. The molecule has 0 unspecified atom stereocenters. The minimum Gasteiger partial charge on any atom is -0.452 e. The van der Waals surface area contributed by atoms with Crippen LogP contribution in [-0.2, 0) is 19.6 Å². The summed E-state index contributed by atoms with van der Waals surface area (Å²) in [6.45, 7) is 2.38. The van der Waals surface area contributed by atoms with Crippen molar-refractivity contribution in [1.82, 2.24) is 9.62 Å². The molecule has 9 heteroatoms. The highest BCUT2D eigenvalue weighted by molar-refractivity contribution is 7.89. The van der Waals surface area contributed by atoms with Crippen molar-refractivity contribution in [2.75, 3.05) is 19.7 Å². The molecule has 0 bridgehead atoms. The molecule has 0 spiro atoms. The van der Waals surface area contributed by atoms with Crippen LogP contribution in [0.25, 0.3) is 0 Å². The molecule has 0 radical (unpaired) electrons. The minimum absolute atomic E-state index is 0.0829. The maximum Gasteiger partial charge on any atom is 0.338 e. The van der Waals surface area contributed by atoms with Crippen LogP contribution in [0.2, 0.25) is 0 Å². The van der Waals surface area contributed by atoms with Gasteiger partial charge in [0.25, 0.3) is 5.91 Å². The van der Waals surface area contributed by atoms with Crippen molar-refractivity contribution in [2.45, 2.75) is 62.8 Å². The topological polar surface area (TPSA) is 92.8 Å². The third kappa shape index (κ3) is 5.57. The largest absolute Gasteiger partial charge is 0.452 e. The Hall–Kier alpha value is -2.00. The van der Waals surface area contributed by atoms with Gasteiger partial charge in [0.2, 0.25) is 10.0 Å². The first-order valence-corrected chi connectivity index (χ1v) is 12.0. The standard InChI is InChI=1S/C21H29FN2O5S/c1-15-5-8-17(9-6-15)23-20(25)14-29-21(26)16-7-10-18(22)19(13-16)30(27,28)24-11-3-2-4-12-24/h7,10,13,15,17H,2-6,8-9,11-12,14H2,1H3,(H,23,25). The summed E-state index contributed by atoms with van der Waals surface area (Å²) in [6, 6.07) is 3.17. The monoisotopic (exact) mass is 440 g/mol. The van der Waals surface area contributed by atoms with Crippen LogP contribution in [-0.4, -0.2) is 50.3 Å². The molecule has 1 amide bonds. The number of hydrogen-bond donors (Lipinski definition) is 1. The third-order valence-electron chi connectivity index (χ3n) is 5.82. The number of nitrogens with zero attached hydrogens (tertiary/aromatic N) is 1. The predicted molar refractivity (Wildman–Crippen MR) is 109 cm³/mol. The van der Waals surface area contributed by atoms with Crippen LogP contribution in [0.4, 0.5) is 4.39 Å². The van der Waals surface area contributed by atoms with E-state index in [0.717, 1.165) is 63.1 Å². The van der Waals surface area contributed by atoms with Gasteiger partial charge in [-0.25, -0.2) is 17.6 Å². The maximum atomic E-state index is 14.3. The van der Waals surface area contributed by atoms with E-state index in [1.54, 1.807) is 0 Å². The van der Waals surface area contributed by atoms with Crippen LogP contribution < -0.4 is 5.32 Å². The van der Waals surface area contributed by atoms with E-state index in [4.69, 9.17) is 4.74 Å². The summed E-state index contributed by atoms with van der Waals surface area (Å²) < 4.78 is 46.1. The molecule has 30 heavy (non-hydrogen) atoms. The van der Waals surface area contributed by atoms with E-state index in [0.29, 0.717) is 19.0 Å². The van der Waals surface area contributed by atoms with Gasteiger partial charge in [-0.3, -0.25) is 4.79 Å². The molecule has 2 aliphatic rings. The molecular formula is C21H29FN2O5S. The second-order valence-electron chi connectivity index (χ2n) is 8.21. The summed E-state index contributed by atoms with van der Waals surface area (Å²) in [5.41, 5.74) is -0.105. The lowest BCUT2D eigenvalue weighted by Gasteiger charge is -2.26. The van der Waals surface area contributed by atoms with Crippen LogP contribution in [0.5, 0.6) is 0 Å². The summed E-state index contributed by atoms with van der Waals surface area (Å²) in [5, 5.41) is 2.86. The zero-order valence-corrected chi connectivity index (χ0v) is 18.0. The molecule has 2 fully saturated rings. The van der Waals surface area contributed by atoms with Crippen LogP contribution >= 0.6 is 0 Å². The molecule has 1 saturated carbocycles. The molecule has 166 valence electrons. The number of piperidine rings is 1. The lowest BCUT2D eigenvalue weighted by Crippen LogP contribution is -2.39. The average Bonchev–Trinajstić information content (AvgIpc) is 2.74. The maximum absolute atomic E-state index is 14.3. The highest BCUT2D eigenvalue weighted by Crippen LogP contribution is 2.25. The fraction of sp³-hybridized carbons (Fsp3) is 0.619. The number of carbonyl (C=O) groups excluding carboxylic acids is 2. The summed E-state index contributed by atoms with van der Waals surface area (Å²) in [6.07, 6.45) is 6.27. The number of benzene rings is 1. The number of carbonyl (C=O) groups is 2. The Labute approximate surface area is 177 Å².